The van der Waals surface area contributed by atoms with Crippen LogP contribution in [0.5, 0.6) is 17.2 Å². The van der Waals surface area contributed by atoms with Crippen molar-refractivity contribution in [1.29, 1.82) is 0 Å². The molecule has 270 valence electrons. The Morgan fingerprint density at radius 3 is 2.54 bits per heavy atom. The van der Waals surface area contributed by atoms with Crippen LogP contribution < -0.4 is 25.7 Å². The first-order valence-electron chi connectivity index (χ1n) is 17.7. The molecule has 11 heteroatoms. The summed E-state index contributed by atoms with van der Waals surface area (Å²) < 4.78 is 17.9. The van der Waals surface area contributed by atoms with Crippen molar-refractivity contribution in [3.05, 3.63) is 135 Å². The number of aromatic nitrogens is 1. The van der Waals surface area contributed by atoms with Crippen molar-refractivity contribution < 1.29 is 29.2 Å². The zero-order valence-corrected chi connectivity index (χ0v) is 29.1. The number of alkyl carbamates (subject to hydrolysis) is 1. The van der Waals surface area contributed by atoms with E-state index in [4.69, 9.17) is 14.2 Å². The van der Waals surface area contributed by atoms with Gasteiger partial charge in [-0.1, -0.05) is 60.7 Å². The number of pyridine rings is 1. The van der Waals surface area contributed by atoms with E-state index in [1.54, 1.807) is 19.2 Å². The Morgan fingerprint density at radius 1 is 0.962 bits per heavy atom. The molecule has 0 radical (unpaired) electrons. The molecule has 3 fully saturated rings. The summed E-state index contributed by atoms with van der Waals surface area (Å²) in [6, 6.07) is 29.1. The van der Waals surface area contributed by atoms with Gasteiger partial charge in [0.2, 0.25) is 5.56 Å². The second-order valence-electron chi connectivity index (χ2n) is 13.5. The Kier molecular flexibility index (Phi) is 10.7. The summed E-state index contributed by atoms with van der Waals surface area (Å²) >= 11 is 0. The Bertz CT molecular complexity index is 2060. The fraction of sp³-hybridized carbons (Fsp3) is 0.317. The molecule has 1 amide bonds. The number of benzene rings is 4. The third-order valence-electron chi connectivity index (χ3n) is 10.1. The summed E-state index contributed by atoms with van der Waals surface area (Å²) in [6.45, 7) is 3.93. The zero-order valence-electron chi connectivity index (χ0n) is 29.1. The summed E-state index contributed by atoms with van der Waals surface area (Å²) in [6.07, 6.45) is 0.762. The summed E-state index contributed by atoms with van der Waals surface area (Å²) in [5.74, 6) is 1.71. The fourth-order valence-corrected chi connectivity index (χ4v) is 7.32. The summed E-state index contributed by atoms with van der Waals surface area (Å²) in [4.78, 5) is 30.0. The lowest BCUT2D eigenvalue weighted by molar-refractivity contribution is -0.0336. The third-order valence-corrected chi connectivity index (χ3v) is 10.1. The second kappa shape index (κ2) is 15.9. The van der Waals surface area contributed by atoms with Gasteiger partial charge >= 0.3 is 6.09 Å². The molecule has 3 saturated heterocycles. The molecule has 0 saturated carbocycles. The summed E-state index contributed by atoms with van der Waals surface area (Å²) in [7, 11) is 1.61. The number of carbonyl (C=O) groups excluding carboxylic acids is 1. The third kappa shape index (κ3) is 8.07. The minimum absolute atomic E-state index is 0.0526. The highest BCUT2D eigenvalue weighted by Gasteiger charge is 2.37. The van der Waals surface area contributed by atoms with Gasteiger partial charge < -0.3 is 40.0 Å². The van der Waals surface area contributed by atoms with Crippen LogP contribution in [0, 0.1) is 5.92 Å². The lowest BCUT2D eigenvalue weighted by atomic mass is 9.86. The number of ether oxygens (including phenoxy) is 3. The highest BCUT2D eigenvalue weighted by molar-refractivity contribution is 5.87. The number of carbonyl (C=O) groups is 1. The number of fused-ring (bicyclic) bond motifs is 4. The van der Waals surface area contributed by atoms with Crippen LogP contribution in [0.3, 0.4) is 0 Å². The molecule has 3 aliphatic heterocycles. The predicted octanol–water partition coefficient (Wildman–Crippen LogP) is 5.55. The maximum Gasteiger partial charge on any atom is 0.408 e. The van der Waals surface area contributed by atoms with Crippen LogP contribution in [0.15, 0.2) is 102 Å². The minimum atomic E-state index is -0.879. The number of amides is 1. The number of aliphatic hydroxyl groups excluding tert-OH is 1. The Labute approximate surface area is 302 Å². The van der Waals surface area contributed by atoms with E-state index in [0.717, 1.165) is 54.7 Å². The molecule has 0 spiro atoms. The van der Waals surface area contributed by atoms with Crippen LogP contribution in [-0.4, -0.2) is 65.6 Å². The summed E-state index contributed by atoms with van der Waals surface area (Å²) in [5.41, 5.74) is 4.20. The highest BCUT2D eigenvalue weighted by Crippen LogP contribution is 2.32. The molecule has 52 heavy (non-hydrogen) atoms. The highest BCUT2D eigenvalue weighted by atomic mass is 16.6. The number of rotatable bonds is 13. The molecule has 5 aromatic rings. The number of nitrogens with zero attached hydrogens (tertiary/aromatic N) is 1. The standard InChI is InChI=1S/C41H44N4O7/c1-50-36-20-26(10-11-30(36)22-42-23-35(47)32-12-14-34(46)40-33(32)13-15-38(48)43-40)25-51-31-9-5-8-29(21-31)39(28-6-3-2-4-7-28)44-41(49)52-37-24-45-18-16-27(37)17-19-45/h2-15,20-21,27,35,37,39,42,46-47H,16-19,22-25H2,1H3,(H,43,48)(H,44,49)/t35?,37?,39-/m0/s1. The number of phenolic OH excluding ortho intramolecular Hbond substituents is 1. The Hall–Kier alpha value is -5.36. The number of piperidine rings is 3. The van der Waals surface area contributed by atoms with Gasteiger partial charge in [-0.3, -0.25) is 9.69 Å². The molecule has 5 N–H and O–H groups in total. The molecule has 4 aromatic carbocycles. The van der Waals surface area contributed by atoms with Crippen LogP contribution in [0.4, 0.5) is 4.79 Å². The molecule has 11 nitrogen and oxygen atoms in total. The van der Waals surface area contributed by atoms with Crippen molar-refractivity contribution in [2.45, 2.75) is 44.2 Å². The molecular weight excluding hydrogens is 660 g/mol. The van der Waals surface area contributed by atoms with E-state index in [9.17, 15) is 19.8 Å². The van der Waals surface area contributed by atoms with E-state index < -0.39 is 18.2 Å². The maximum absolute atomic E-state index is 13.2. The lowest BCUT2D eigenvalue weighted by Gasteiger charge is -2.43. The van der Waals surface area contributed by atoms with Gasteiger partial charge in [0.05, 0.1) is 24.8 Å². The quantitative estimate of drug-likeness (QED) is 0.107. The molecule has 1 aromatic heterocycles. The average Bonchev–Trinajstić information content (AvgIpc) is 3.17. The number of H-pyrrole nitrogens is 1. The molecular formula is C41H44N4O7. The lowest BCUT2D eigenvalue weighted by Crippen LogP contribution is -2.52. The molecule has 3 atom stereocenters. The molecule has 0 aliphatic carbocycles. The normalized spacial score (nSPS) is 19.2. The Morgan fingerprint density at radius 2 is 1.77 bits per heavy atom. The van der Waals surface area contributed by atoms with Gasteiger partial charge in [0, 0.05) is 36.7 Å². The van der Waals surface area contributed by atoms with E-state index in [1.807, 2.05) is 72.8 Å². The predicted molar refractivity (Wildman–Crippen MR) is 198 cm³/mol. The number of aromatic amines is 1. The summed E-state index contributed by atoms with van der Waals surface area (Å²) in [5, 5.41) is 28.1. The van der Waals surface area contributed by atoms with Gasteiger partial charge in [-0.2, -0.15) is 0 Å². The zero-order chi connectivity index (χ0) is 36.0. The van der Waals surface area contributed by atoms with Crippen LogP contribution in [-0.2, 0) is 17.9 Å². The number of aromatic hydroxyl groups is 1. The first kappa shape index (κ1) is 35.1. The molecule has 4 heterocycles. The SMILES string of the molecule is COc1cc(COc2cccc([C@@H](NC(=O)OC3CN4CCC3CC4)c3ccccc3)c2)ccc1CNCC(O)c1ccc(O)c2[nH]c(=O)ccc12. The van der Waals surface area contributed by atoms with Gasteiger partial charge in [0.15, 0.2) is 0 Å². The van der Waals surface area contributed by atoms with Crippen molar-refractivity contribution in [1.82, 2.24) is 20.5 Å². The number of nitrogens with one attached hydrogen (secondary N) is 3. The van der Waals surface area contributed by atoms with Crippen LogP contribution in [0.1, 0.15) is 52.8 Å². The van der Waals surface area contributed by atoms with E-state index in [0.29, 0.717) is 47.0 Å². The topological polar surface area (TPSA) is 145 Å². The van der Waals surface area contributed by atoms with E-state index in [1.165, 1.54) is 12.1 Å². The second-order valence-corrected chi connectivity index (χ2v) is 13.5. The molecule has 2 unspecified atom stereocenters. The fourth-order valence-electron chi connectivity index (χ4n) is 7.32. The van der Waals surface area contributed by atoms with Gasteiger partial charge in [-0.05, 0) is 84.4 Å². The average molecular weight is 705 g/mol. The van der Waals surface area contributed by atoms with E-state index in [2.05, 4.69) is 20.5 Å². The first-order chi connectivity index (χ1) is 25.3. The monoisotopic (exact) mass is 704 g/mol. The van der Waals surface area contributed by atoms with Crippen molar-refractivity contribution in [2.75, 3.05) is 33.3 Å². The van der Waals surface area contributed by atoms with Crippen LogP contribution >= 0.6 is 0 Å². The molecule has 2 bridgehead atoms. The number of hydrogen-bond donors (Lipinski definition) is 5. The van der Waals surface area contributed by atoms with Crippen molar-refractivity contribution in [2.24, 2.45) is 5.92 Å². The maximum atomic E-state index is 13.2. The molecule has 8 rings (SSSR count). The number of hydrogen-bond acceptors (Lipinski definition) is 9. The van der Waals surface area contributed by atoms with Gasteiger partial charge in [-0.25, -0.2) is 4.79 Å². The van der Waals surface area contributed by atoms with E-state index >= 15 is 0 Å². The van der Waals surface area contributed by atoms with Crippen molar-refractivity contribution in [3.8, 4) is 17.2 Å². The number of aliphatic hydroxyl groups is 1. The van der Waals surface area contributed by atoms with Gasteiger partial charge in [-0.15, -0.1) is 0 Å². The first-order valence-corrected chi connectivity index (χ1v) is 17.7. The smallest absolute Gasteiger partial charge is 0.408 e. The van der Waals surface area contributed by atoms with E-state index in [-0.39, 0.29) is 24.0 Å². The Balaban J connectivity index is 0.975. The van der Waals surface area contributed by atoms with Gasteiger partial charge in [0.1, 0.15) is 30.0 Å². The molecule has 3 aliphatic rings. The largest absolute Gasteiger partial charge is 0.506 e. The minimum Gasteiger partial charge on any atom is -0.506 e. The van der Waals surface area contributed by atoms with Crippen LogP contribution in [0.2, 0.25) is 0 Å². The number of methoxy groups -OCH3 is 1. The van der Waals surface area contributed by atoms with Crippen molar-refractivity contribution in [3.63, 3.8) is 0 Å². The van der Waals surface area contributed by atoms with Crippen molar-refractivity contribution >= 4 is 17.0 Å². The van der Waals surface area contributed by atoms with Crippen LogP contribution in [0.25, 0.3) is 10.9 Å². The van der Waals surface area contributed by atoms with Gasteiger partial charge in [0.25, 0.3) is 0 Å². The number of phenols is 1.